The molecule has 0 atom stereocenters. The molecule has 15 heavy (non-hydrogen) atoms. The van der Waals surface area contributed by atoms with Crippen LogP contribution < -0.4 is 0 Å². The highest BCUT2D eigenvalue weighted by Gasteiger charge is 1.92. The van der Waals surface area contributed by atoms with E-state index in [0.717, 1.165) is 39.2 Å². The molecule has 0 rings (SSSR count). The number of ether oxygens (including phenoxy) is 3. The lowest BCUT2D eigenvalue weighted by Gasteiger charge is -2.09. The molecule has 0 bridgehead atoms. The molecule has 0 aromatic carbocycles. The van der Waals surface area contributed by atoms with Crippen molar-refractivity contribution in [2.45, 2.75) is 12.8 Å². The van der Waals surface area contributed by atoms with Gasteiger partial charge in [0.05, 0.1) is 13.2 Å². The highest BCUT2D eigenvalue weighted by Crippen LogP contribution is 1.87. The summed E-state index contributed by atoms with van der Waals surface area (Å²) in [5.41, 5.74) is 0. The monoisotopic (exact) mass is 219 g/mol. The molecule has 0 fully saturated rings. The summed E-state index contributed by atoms with van der Waals surface area (Å²) in [6, 6.07) is 0. The summed E-state index contributed by atoms with van der Waals surface area (Å²) >= 11 is 0. The molecule has 0 aromatic rings. The Morgan fingerprint density at radius 1 is 0.800 bits per heavy atom. The summed E-state index contributed by atoms with van der Waals surface area (Å²) in [7, 11) is 5.84. The molecule has 4 nitrogen and oxygen atoms in total. The molecule has 0 spiro atoms. The average Bonchev–Trinajstić information content (AvgIpc) is 2.20. The van der Waals surface area contributed by atoms with E-state index in [1.165, 1.54) is 0 Å². The highest BCUT2D eigenvalue weighted by molar-refractivity contribution is 4.42. The fourth-order valence-corrected chi connectivity index (χ4v) is 1.11. The van der Waals surface area contributed by atoms with Crippen LogP contribution in [0.5, 0.6) is 0 Å². The zero-order chi connectivity index (χ0) is 11.4. The molecular weight excluding hydrogens is 194 g/mol. The minimum atomic E-state index is 0.686. The van der Waals surface area contributed by atoms with E-state index in [1.807, 2.05) is 0 Å². The Kier molecular flexibility index (Phi) is 11.8. The lowest BCUT2D eigenvalue weighted by atomic mass is 10.4. The molecule has 92 valence electrons. The van der Waals surface area contributed by atoms with Crippen molar-refractivity contribution >= 4 is 0 Å². The first-order valence-corrected chi connectivity index (χ1v) is 5.56. The van der Waals surface area contributed by atoms with E-state index in [0.29, 0.717) is 13.2 Å². The van der Waals surface area contributed by atoms with Gasteiger partial charge in [0.2, 0.25) is 0 Å². The minimum Gasteiger partial charge on any atom is -0.385 e. The van der Waals surface area contributed by atoms with Gasteiger partial charge in [-0.25, -0.2) is 0 Å². The summed E-state index contributed by atoms with van der Waals surface area (Å²) in [6.45, 7) is 4.80. The lowest BCUT2D eigenvalue weighted by molar-refractivity contribution is 0.0379. The Morgan fingerprint density at radius 2 is 1.40 bits per heavy atom. The molecule has 0 aliphatic carbocycles. The minimum absolute atomic E-state index is 0.686. The molecule has 0 aliphatic heterocycles. The quantitative estimate of drug-likeness (QED) is 0.485. The zero-order valence-corrected chi connectivity index (χ0v) is 10.3. The Balaban J connectivity index is 2.87. The van der Waals surface area contributed by atoms with Crippen molar-refractivity contribution in [1.82, 2.24) is 4.90 Å². The molecule has 0 amide bonds. The Hall–Kier alpha value is -0.160. The van der Waals surface area contributed by atoms with Gasteiger partial charge in [-0.2, -0.15) is 0 Å². The smallest absolute Gasteiger partial charge is 0.0700 e. The molecule has 4 heteroatoms. The Bertz CT molecular complexity index is 120. The third kappa shape index (κ3) is 13.8. The van der Waals surface area contributed by atoms with Gasteiger partial charge < -0.3 is 19.1 Å². The third-order valence-electron chi connectivity index (χ3n) is 1.90. The van der Waals surface area contributed by atoms with Crippen molar-refractivity contribution in [2.24, 2.45) is 0 Å². The second-order valence-corrected chi connectivity index (χ2v) is 3.73. The lowest BCUT2D eigenvalue weighted by Crippen LogP contribution is -2.15. The molecule has 0 unspecified atom stereocenters. The molecular formula is C11H25NO3. The first-order chi connectivity index (χ1) is 7.27. The van der Waals surface area contributed by atoms with Gasteiger partial charge >= 0.3 is 0 Å². The van der Waals surface area contributed by atoms with Crippen molar-refractivity contribution in [3.63, 3.8) is 0 Å². The zero-order valence-electron chi connectivity index (χ0n) is 10.3. The normalized spacial score (nSPS) is 11.2. The van der Waals surface area contributed by atoms with E-state index in [1.54, 1.807) is 7.11 Å². The van der Waals surface area contributed by atoms with Crippen molar-refractivity contribution in [2.75, 3.05) is 60.8 Å². The van der Waals surface area contributed by atoms with Gasteiger partial charge in [-0.1, -0.05) is 0 Å². The molecule has 0 N–H and O–H groups in total. The second kappa shape index (κ2) is 11.9. The van der Waals surface area contributed by atoms with Gasteiger partial charge in [0, 0.05) is 26.9 Å². The predicted octanol–water partition coefficient (Wildman–Crippen LogP) is 1.01. The first-order valence-electron chi connectivity index (χ1n) is 5.56. The van der Waals surface area contributed by atoms with Crippen LogP contribution in [0.3, 0.4) is 0 Å². The molecule has 0 heterocycles. The maximum atomic E-state index is 5.41. The number of methoxy groups -OCH3 is 1. The second-order valence-electron chi connectivity index (χ2n) is 3.73. The SMILES string of the molecule is COCCCOCCOCCCN(C)C. The van der Waals surface area contributed by atoms with Gasteiger partial charge in [-0.05, 0) is 33.5 Å². The van der Waals surface area contributed by atoms with E-state index >= 15 is 0 Å². The summed E-state index contributed by atoms with van der Waals surface area (Å²) in [5.74, 6) is 0. The van der Waals surface area contributed by atoms with Crippen molar-refractivity contribution in [1.29, 1.82) is 0 Å². The summed E-state index contributed by atoms with van der Waals surface area (Å²) in [5, 5.41) is 0. The maximum absolute atomic E-state index is 5.41. The number of hydrogen-bond donors (Lipinski definition) is 0. The predicted molar refractivity (Wildman–Crippen MR) is 61.3 cm³/mol. The van der Waals surface area contributed by atoms with Crippen molar-refractivity contribution in [3.05, 3.63) is 0 Å². The standard InChI is InChI=1S/C11H25NO3/c1-12(2)6-4-8-14-10-11-15-9-5-7-13-3/h4-11H2,1-3H3. The molecule has 0 aromatic heterocycles. The van der Waals surface area contributed by atoms with Gasteiger partial charge in [0.1, 0.15) is 0 Å². The highest BCUT2D eigenvalue weighted by atomic mass is 16.5. The Morgan fingerprint density at radius 3 is 1.93 bits per heavy atom. The largest absolute Gasteiger partial charge is 0.385 e. The van der Waals surface area contributed by atoms with Crippen LogP contribution >= 0.6 is 0 Å². The first kappa shape index (κ1) is 14.8. The van der Waals surface area contributed by atoms with E-state index in [9.17, 15) is 0 Å². The number of nitrogens with zero attached hydrogens (tertiary/aromatic N) is 1. The topological polar surface area (TPSA) is 30.9 Å². The number of hydrogen-bond acceptors (Lipinski definition) is 4. The summed E-state index contributed by atoms with van der Waals surface area (Å²) in [6.07, 6.45) is 2.04. The van der Waals surface area contributed by atoms with E-state index in [4.69, 9.17) is 14.2 Å². The number of rotatable bonds is 11. The van der Waals surface area contributed by atoms with Crippen LogP contribution in [0.1, 0.15) is 12.8 Å². The third-order valence-corrected chi connectivity index (χ3v) is 1.90. The van der Waals surface area contributed by atoms with Crippen LogP contribution in [0, 0.1) is 0 Å². The van der Waals surface area contributed by atoms with Gasteiger partial charge in [-0.3, -0.25) is 0 Å². The van der Waals surface area contributed by atoms with Crippen LogP contribution in [0.25, 0.3) is 0 Å². The van der Waals surface area contributed by atoms with Crippen LogP contribution in [0.2, 0.25) is 0 Å². The molecule has 0 radical (unpaired) electrons. The van der Waals surface area contributed by atoms with E-state index < -0.39 is 0 Å². The maximum Gasteiger partial charge on any atom is 0.0700 e. The van der Waals surface area contributed by atoms with Crippen LogP contribution in [-0.4, -0.2) is 65.7 Å². The summed E-state index contributed by atoms with van der Waals surface area (Å²) < 4.78 is 15.7. The molecule has 0 saturated carbocycles. The fraction of sp³-hybridized carbons (Fsp3) is 1.00. The van der Waals surface area contributed by atoms with E-state index in [-0.39, 0.29) is 0 Å². The fourth-order valence-electron chi connectivity index (χ4n) is 1.11. The van der Waals surface area contributed by atoms with Gasteiger partial charge in [0.15, 0.2) is 0 Å². The van der Waals surface area contributed by atoms with Crippen LogP contribution in [0.4, 0.5) is 0 Å². The van der Waals surface area contributed by atoms with E-state index in [2.05, 4.69) is 19.0 Å². The van der Waals surface area contributed by atoms with Gasteiger partial charge in [0.25, 0.3) is 0 Å². The average molecular weight is 219 g/mol. The summed E-state index contributed by atoms with van der Waals surface area (Å²) in [4.78, 5) is 2.16. The molecule has 0 aliphatic rings. The molecule has 0 saturated heterocycles. The van der Waals surface area contributed by atoms with Crippen molar-refractivity contribution < 1.29 is 14.2 Å². The Labute approximate surface area is 93.5 Å². The van der Waals surface area contributed by atoms with Gasteiger partial charge in [-0.15, -0.1) is 0 Å². The van der Waals surface area contributed by atoms with Crippen LogP contribution in [-0.2, 0) is 14.2 Å². The van der Waals surface area contributed by atoms with Crippen molar-refractivity contribution in [3.8, 4) is 0 Å². The van der Waals surface area contributed by atoms with Crippen LogP contribution in [0.15, 0.2) is 0 Å².